The van der Waals surface area contributed by atoms with E-state index in [1.165, 1.54) is 0 Å². The third-order valence-corrected chi connectivity index (χ3v) is 8.94. The van der Waals surface area contributed by atoms with Crippen LogP contribution in [0.25, 0.3) is 89.6 Å². The Kier molecular flexibility index (Phi) is 7.41. The Morgan fingerprint density at radius 3 is 1.00 bits per heavy atom. The van der Waals surface area contributed by atoms with Crippen molar-refractivity contribution in [2.24, 2.45) is 0 Å². The lowest BCUT2D eigenvalue weighted by Crippen LogP contribution is -2.02. The van der Waals surface area contributed by atoms with Crippen LogP contribution in [0, 0.1) is 0 Å². The molecule has 234 valence electrons. The van der Waals surface area contributed by atoms with Crippen molar-refractivity contribution in [3.05, 3.63) is 176 Å². The first-order valence-corrected chi connectivity index (χ1v) is 16.6. The molecular weight excluding hydrogens is 611 g/mol. The molecule has 9 aromatic rings. The molecule has 9 rings (SSSR count). The Bertz CT molecular complexity index is 2270. The summed E-state index contributed by atoms with van der Waals surface area (Å²) in [5.41, 5.74) is 7.57. The van der Waals surface area contributed by atoms with Gasteiger partial charge in [-0.2, -0.15) is 0 Å². The van der Waals surface area contributed by atoms with Gasteiger partial charge in [0.2, 0.25) is 0 Å². The standard InChI is InChI=1S/C45H29N5/c1-5-17-30(18-6-1)38-29-39(47-42(46-38)31-19-7-2-8-20-31)40-34-25-13-15-27-36(34)41(37-28-16-14-26-35(37)40)45-49-43(32-21-9-3-10-22-32)48-44(50-45)33-23-11-4-12-24-33/h1-29H. The van der Waals surface area contributed by atoms with Crippen LogP contribution in [0.1, 0.15) is 0 Å². The van der Waals surface area contributed by atoms with Gasteiger partial charge in [-0.1, -0.05) is 170 Å². The van der Waals surface area contributed by atoms with E-state index >= 15 is 0 Å². The first-order chi connectivity index (χ1) is 24.8. The molecule has 0 bridgehead atoms. The van der Waals surface area contributed by atoms with Gasteiger partial charge < -0.3 is 0 Å². The Hall–Kier alpha value is -6.85. The van der Waals surface area contributed by atoms with Crippen molar-refractivity contribution in [1.82, 2.24) is 24.9 Å². The number of hydrogen-bond donors (Lipinski definition) is 0. The van der Waals surface area contributed by atoms with E-state index in [1.807, 2.05) is 97.1 Å². The third kappa shape index (κ3) is 5.37. The fraction of sp³-hybridized carbons (Fsp3) is 0. The summed E-state index contributed by atoms with van der Waals surface area (Å²) in [6, 6.07) is 59.8. The summed E-state index contributed by atoms with van der Waals surface area (Å²) in [4.78, 5) is 25.6. The molecule has 0 unspecified atom stereocenters. The van der Waals surface area contributed by atoms with Crippen LogP contribution in [-0.2, 0) is 0 Å². The molecule has 50 heavy (non-hydrogen) atoms. The molecule has 0 saturated heterocycles. The van der Waals surface area contributed by atoms with Gasteiger partial charge in [-0.3, -0.25) is 0 Å². The summed E-state index contributed by atoms with van der Waals surface area (Å²) in [6.45, 7) is 0. The van der Waals surface area contributed by atoms with Crippen LogP contribution in [-0.4, -0.2) is 24.9 Å². The fourth-order valence-corrected chi connectivity index (χ4v) is 6.61. The molecule has 7 aromatic carbocycles. The molecule has 5 heteroatoms. The second kappa shape index (κ2) is 12.6. The molecule has 0 fully saturated rings. The van der Waals surface area contributed by atoms with Gasteiger partial charge in [-0.15, -0.1) is 0 Å². The van der Waals surface area contributed by atoms with Gasteiger partial charge in [-0.25, -0.2) is 24.9 Å². The van der Waals surface area contributed by atoms with E-state index < -0.39 is 0 Å². The Morgan fingerprint density at radius 2 is 0.560 bits per heavy atom. The first kappa shape index (κ1) is 29.3. The van der Waals surface area contributed by atoms with E-state index in [1.54, 1.807) is 0 Å². The van der Waals surface area contributed by atoms with Crippen molar-refractivity contribution in [2.45, 2.75) is 0 Å². The van der Waals surface area contributed by atoms with E-state index in [0.717, 1.165) is 66.3 Å². The molecule has 0 saturated carbocycles. The minimum atomic E-state index is 0.620. The number of hydrogen-bond acceptors (Lipinski definition) is 5. The highest BCUT2D eigenvalue weighted by atomic mass is 15.0. The molecule has 2 heterocycles. The number of fused-ring (bicyclic) bond motifs is 2. The van der Waals surface area contributed by atoms with Crippen LogP contribution >= 0.6 is 0 Å². The lowest BCUT2D eigenvalue weighted by atomic mass is 9.89. The highest BCUT2D eigenvalue weighted by Gasteiger charge is 2.22. The summed E-state index contributed by atoms with van der Waals surface area (Å²) >= 11 is 0. The molecular formula is C45H29N5. The van der Waals surface area contributed by atoms with Gasteiger partial charge in [0, 0.05) is 33.4 Å². The quantitative estimate of drug-likeness (QED) is 0.169. The van der Waals surface area contributed by atoms with Crippen molar-refractivity contribution >= 4 is 21.5 Å². The Labute approximate surface area is 289 Å². The molecule has 0 aliphatic rings. The maximum atomic E-state index is 5.26. The summed E-state index contributed by atoms with van der Waals surface area (Å²) in [5.74, 6) is 2.55. The average molecular weight is 640 g/mol. The van der Waals surface area contributed by atoms with Gasteiger partial charge in [0.05, 0.1) is 11.4 Å². The van der Waals surface area contributed by atoms with Crippen molar-refractivity contribution in [3.8, 4) is 68.1 Å². The molecule has 5 nitrogen and oxygen atoms in total. The molecule has 0 N–H and O–H groups in total. The SMILES string of the molecule is c1ccc(-c2cc(-c3c4ccccc4c(-c4nc(-c5ccccc5)nc(-c5ccccc5)n4)c4ccccc34)nc(-c3ccccc3)n2)cc1. The van der Waals surface area contributed by atoms with E-state index in [4.69, 9.17) is 24.9 Å². The summed E-state index contributed by atoms with van der Waals surface area (Å²) in [6.07, 6.45) is 0. The first-order valence-electron chi connectivity index (χ1n) is 16.6. The summed E-state index contributed by atoms with van der Waals surface area (Å²) in [5, 5.41) is 4.18. The van der Waals surface area contributed by atoms with E-state index in [-0.39, 0.29) is 0 Å². The van der Waals surface area contributed by atoms with Gasteiger partial charge >= 0.3 is 0 Å². The van der Waals surface area contributed by atoms with Gasteiger partial charge in [-0.05, 0) is 27.6 Å². The zero-order chi connectivity index (χ0) is 33.3. The monoisotopic (exact) mass is 639 g/mol. The largest absolute Gasteiger partial charge is 0.228 e. The van der Waals surface area contributed by atoms with Gasteiger partial charge in [0.25, 0.3) is 0 Å². The number of rotatable bonds is 6. The molecule has 0 atom stereocenters. The van der Waals surface area contributed by atoms with E-state index in [9.17, 15) is 0 Å². The molecule has 0 aliphatic heterocycles. The number of benzene rings is 7. The minimum Gasteiger partial charge on any atom is -0.228 e. The second-order valence-corrected chi connectivity index (χ2v) is 12.1. The molecule has 0 radical (unpaired) electrons. The maximum absolute atomic E-state index is 5.26. The minimum absolute atomic E-state index is 0.620. The summed E-state index contributed by atoms with van der Waals surface area (Å²) in [7, 11) is 0. The molecule has 0 aliphatic carbocycles. The number of nitrogens with zero attached hydrogens (tertiary/aromatic N) is 5. The van der Waals surface area contributed by atoms with Crippen LogP contribution in [0.15, 0.2) is 176 Å². The lowest BCUT2D eigenvalue weighted by Gasteiger charge is -2.18. The zero-order valence-electron chi connectivity index (χ0n) is 27.0. The lowest BCUT2D eigenvalue weighted by molar-refractivity contribution is 1.08. The Morgan fingerprint density at radius 1 is 0.240 bits per heavy atom. The second-order valence-electron chi connectivity index (χ2n) is 12.1. The highest BCUT2D eigenvalue weighted by molar-refractivity contribution is 6.20. The predicted molar refractivity (Wildman–Crippen MR) is 203 cm³/mol. The van der Waals surface area contributed by atoms with Crippen LogP contribution in [0.2, 0.25) is 0 Å². The molecule has 0 spiro atoms. The molecule has 0 amide bonds. The van der Waals surface area contributed by atoms with Crippen LogP contribution in [0.4, 0.5) is 0 Å². The van der Waals surface area contributed by atoms with E-state index in [0.29, 0.717) is 23.3 Å². The van der Waals surface area contributed by atoms with Gasteiger partial charge in [0.1, 0.15) is 0 Å². The zero-order valence-corrected chi connectivity index (χ0v) is 27.0. The van der Waals surface area contributed by atoms with Crippen molar-refractivity contribution in [1.29, 1.82) is 0 Å². The predicted octanol–water partition coefficient (Wildman–Crippen LogP) is 11.0. The molecule has 2 aromatic heterocycles. The normalized spacial score (nSPS) is 11.2. The Balaban J connectivity index is 1.35. The fourth-order valence-electron chi connectivity index (χ4n) is 6.61. The van der Waals surface area contributed by atoms with Gasteiger partial charge in [0.15, 0.2) is 23.3 Å². The third-order valence-electron chi connectivity index (χ3n) is 8.94. The van der Waals surface area contributed by atoms with Crippen molar-refractivity contribution in [2.75, 3.05) is 0 Å². The van der Waals surface area contributed by atoms with Crippen LogP contribution < -0.4 is 0 Å². The van der Waals surface area contributed by atoms with Crippen LogP contribution in [0.5, 0.6) is 0 Å². The van der Waals surface area contributed by atoms with Crippen molar-refractivity contribution in [3.63, 3.8) is 0 Å². The number of aromatic nitrogens is 5. The van der Waals surface area contributed by atoms with E-state index in [2.05, 4.69) is 78.9 Å². The highest BCUT2D eigenvalue weighted by Crippen LogP contribution is 2.43. The smallest absolute Gasteiger partial charge is 0.165 e. The average Bonchev–Trinajstić information content (AvgIpc) is 3.21. The summed E-state index contributed by atoms with van der Waals surface area (Å²) < 4.78 is 0. The van der Waals surface area contributed by atoms with Crippen molar-refractivity contribution < 1.29 is 0 Å². The maximum Gasteiger partial charge on any atom is 0.165 e. The topological polar surface area (TPSA) is 64.5 Å². The van der Waals surface area contributed by atoms with Crippen LogP contribution in [0.3, 0.4) is 0 Å².